The predicted octanol–water partition coefficient (Wildman–Crippen LogP) is 2.78. The third-order valence-corrected chi connectivity index (χ3v) is 6.36. The smallest absolute Gasteiger partial charge is 0.240 e. The summed E-state index contributed by atoms with van der Waals surface area (Å²) in [7, 11) is -3.71. The van der Waals surface area contributed by atoms with E-state index in [1.807, 2.05) is 19.9 Å². The Bertz CT molecular complexity index is 838. The van der Waals surface area contributed by atoms with Crippen LogP contribution in [0, 0.1) is 26.7 Å². The molecule has 2 aromatic rings. The largest absolute Gasteiger partial charge is 0.466 e. The van der Waals surface area contributed by atoms with Gasteiger partial charge in [0.1, 0.15) is 11.4 Å². The topological polar surface area (TPSA) is 79.5 Å². The second kappa shape index (κ2) is 6.02. The number of aliphatic hydroxyl groups is 1. The Hall–Kier alpha value is -1.63. The summed E-state index contributed by atoms with van der Waals surface area (Å²) in [5, 5.41) is 11.0. The Labute approximate surface area is 142 Å². The minimum Gasteiger partial charge on any atom is -0.466 e. The Kier molecular flexibility index (Phi) is 4.32. The van der Waals surface area contributed by atoms with Crippen LogP contribution in [0.4, 0.5) is 0 Å². The van der Waals surface area contributed by atoms with Gasteiger partial charge < -0.3 is 9.52 Å². The van der Waals surface area contributed by atoms with Crippen molar-refractivity contribution in [3.05, 3.63) is 53.0 Å². The van der Waals surface area contributed by atoms with Gasteiger partial charge in [-0.15, -0.1) is 0 Å². The second-order valence-electron chi connectivity index (χ2n) is 6.70. The fraction of sp³-hybridized carbons (Fsp3) is 0.444. The number of nitrogens with one attached hydrogen (secondary N) is 1. The molecule has 1 aliphatic carbocycles. The minimum absolute atomic E-state index is 0.0206. The summed E-state index contributed by atoms with van der Waals surface area (Å²) in [6.07, 6.45) is 3.22. The van der Waals surface area contributed by atoms with Crippen LogP contribution in [0.5, 0.6) is 0 Å². The van der Waals surface area contributed by atoms with E-state index in [0.717, 1.165) is 24.0 Å². The van der Waals surface area contributed by atoms with Crippen LogP contribution >= 0.6 is 0 Å². The highest BCUT2D eigenvalue weighted by atomic mass is 32.2. The molecule has 0 saturated heterocycles. The van der Waals surface area contributed by atoms with Crippen LogP contribution in [0.1, 0.15) is 35.3 Å². The number of rotatable bonds is 6. The molecule has 6 heteroatoms. The lowest BCUT2D eigenvalue weighted by atomic mass is 9.95. The molecule has 2 N–H and O–H groups in total. The molecule has 0 spiro atoms. The van der Waals surface area contributed by atoms with Gasteiger partial charge in [0.2, 0.25) is 10.0 Å². The molecule has 1 aromatic heterocycles. The minimum atomic E-state index is -3.71. The zero-order chi connectivity index (χ0) is 17.5. The molecule has 1 aliphatic rings. The maximum absolute atomic E-state index is 12.7. The molecule has 0 radical (unpaired) electrons. The molecular weight excluding hydrogens is 326 g/mol. The van der Waals surface area contributed by atoms with Crippen LogP contribution in [0.25, 0.3) is 0 Å². The van der Waals surface area contributed by atoms with Crippen molar-refractivity contribution in [3.63, 3.8) is 0 Å². The summed E-state index contributed by atoms with van der Waals surface area (Å²) in [6.45, 7) is 5.52. The summed E-state index contributed by atoms with van der Waals surface area (Å²) in [5.74, 6) is 0.428. The highest BCUT2D eigenvalue weighted by Crippen LogP contribution is 2.45. The second-order valence-corrected chi connectivity index (χ2v) is 8.44. The van der Waals surface area contributed by atoms with E-state index in [9.17, 15) is 13.5 Å². The van der Waals surface area contributed by atoms with Crippen LogP contribution < -0.4 is 4.72 Å². The first-order chi connectivity index (χ1) is 11.2. The Morgan fingerprint density at radius 1 is 1.21 bits per heavy atom. The predicted molar refractivity (Wildman–Crippen MR) is 91.2 cm³/mol. The molecule has 0 bridgehead atoms. The van der Waals surface area contributed by atoms with E-state index in [2.05, 4.69) is 4.72 Å². The van der Waals surface area contributed by atoms with Gasteiger partial charge in [-0.05, 0) is 74.4 Å². The molecule has 1 aromatic carbocycles. The first-order valence-electron chi connectivity index (χ1n) is 8.08. The maximum atomic E-state index is 12.7. The zero-order valence-electron chi connectivity index (χ0n) is 14.2. The SMILES string of the molecule is Cc1cc(C)c(S(=O)(=O)NC[C@@](O)(c2ccco2)C2CC2)cc1C. The van der Waals surface area contributed by atoms with E-state index < -0.39 is 15.6 Å². The van der Waals surface area contributed by atoms with Gasteiger partial charge in [0.25, 0.3) is 0 Å². The standard InChI is InChI=1S/C18H23NO4S/c1-12-9-14(3)16(10-13(12)2)24(21,22)19-11-18(20,15-6-7-15)17-5-4-8-23-17/h4-5,8-10,15,19-20H,6-7,11H2,1-3H3/t18-/m0/s1. The molecule has 0 aliphatic heterocycles. The van der Waals surface area contributed by atoms with Crippen molar-refractivity contribution in [1.82, 2.24) is 4.72 Å². The van der Waals surface area contributed by atoms with Crippen molar-refractivity contribution in [2.75, 3.05) is 6.54 Å². The lowest BCUT2D eigenvalue weighted by Crippen LogP contribution is -2.42. The van der Waals surface area contributed by atoms with Gasteiger partial charge in [-0.25, -0.2) is 13.1 Å². The molecule has 1 fully saturated rings. The van der Waals surface area contributed by atoms with Gasteiger partial charge in [0.15, 0.2) is 0 Å². The first-order valence-corrected chi connectivity index (χ1v) is 9.56. The van der Waals surface area contributed by atoms with E-state index in [1.165, 1.54) is 6.26 Å². The third-order valence-electron chi connectivity index (χ3n) is 4.81. The van der Waals surface area contributed by atoms with Crippen molar-refractivity contribution in [1.29, 1.82) is 0 Å². The van der Waals surface area contributed by atoms with Crippen molar-refractivity contribution in [3.8, 4) is 0 Å². The Morgan fingerprint density at radius 2 is 1.88 bits per heavy atom. The van der Waals surface area contributed by atoms with E-state index in [1.54, 1.807) is 25.1 Å². The number of hydrogen-bond donors (Lipinski definition) is 2. The molecule has 130 valence electrons. The van der Waals surface area contributed by atoms with E-state index in [0.29, 0.717) is 11.3 Å². The molecule has 5 nitrogen and oxygen atoms in total. The van der Waals surface area contributed by atoms with Crippen molar-refractivity contribution < 1.29 is 17.9 Å². The fourth-order valence-electron chi connectivity index (χ4n) is 3.02. The highest BCUT2D eigenvalue weighted by molar-refractivity contribution is 7.89. The van der Waals surface area contributed by atoms with Crippen LogP contribution in [-0.2, 0) is 15.6 Å². The monoisotopic (exact) mass is 349 g/mol. The van der Waals surface area contributed by atoms with Crippen LogP contribution in [0.15, 0.2) is 39.8 Å². The van der Waals surface area contributed by atoms with Crippen LogP contribution in [0.2, 0.25) is 0 Å². The van der Waals surface area contributed by atoms with Crippen LogP contribution in [-0.4, -0.2) is 20.1 Å². The number of hydrogen-bond acceptors (Lipinski definition) is 4. The van der Waals surface area contributed by atoms with Gasteiger partial charge in [-0.2, -0.15) is 0 Å². The van der Waals surface area contributed by atoms with Crippen molar-refractivity contribution in [2.24, 2.45) is 5.92 Å². The van der Waals surface area contributed by atoms with Crippen molar-refractivity contribution >= 4 is 10.0 Å². The first kappa shape index (κ1) is 17.2. The van der Waals surface area contributed by atoms with Crippen molar-refractivity contribution in [2.45, 2.75) is 44.1 Å². The van der Waals surface area contributed by atoms with Gasteiger partial charge >= 0.3 is 0 Å². The summed E-state index contributed by atoms with van der Waals surface area (Å²) >= 11 is 0. The quantitative estimate of drug-likeness (QED) is 0.840. The van der Waals surface area contributed by atoms with Gasteiger partial charge in [0.05, 0.1) is 11.2 Å². The molecule has 3 rings (SSSR count). The Morgan fingerprint density at radius 3 is 2.46 bits per heavy atom. The average Bonchev–Trinajstić information content (AvgIpc) is 3.23. The summed E-state index contributed by atoms with van der Waals surface area (Å²) in [4.78, 5) is 0.253. The Balaban J connectivity index is 1.86. The number of sulfonamides is 1. The summed E-state index contributed by atoms with van der Waals surface area (Å²) < 4.78 is 33.4. The lowest BCUT2D eigenvalue weighted by molar-refractivity contribution is -0.00224. The van der Waals surface area contributed by atoms with Crippen LogP contribution in [0.3, 0.4) is 0 Å². The molecule has 0 unspecified atom stereocenters. The number of furan rings is 1. The van der Waals surface area contributed by atoms with E-state index >= 15 is 0 Å². The van der Waals surface area contributed by atoms with E-state index in [-0.39, 0.29) is 17.4 Å². The van der Waals surface area contributed by atoms with Gasteiger partial charge in [-0.3, -0.25) is 0 Å². The summed E-state index contributed by atoms with van der Waals surface area (Å²) in [6, 6.07) is 6.93. The normalized spacial score (nSPS) is 17.7. The molecule has 1 heterocycles. The average molecular weight is 349 g/mol. The molecular formula is C18H23NO4S. The molecule has 1 saturated carbocycles. The third kappa shape index (κ3) is 3.14. The molecule has 1 atom stereocenters. The summed E-state index contributed by atoms with van der Waals surface area (Å²) in [5.41, 5.74) is 1.36. The zero-order valence-corrected chi connectivity index (χ0v) is 15.0. The lowest BCUT2D eigenvalue weighted by Gasteiger charge is -2.26. The molecule has 24 heavy (non-hydrogen) atoms. The fourth-order valence-corrected chi connectivity index (χ4v) is 4.41. The van der Waals surface area contributed by atoms with E-state index in [4.69, 9.17) is 4.42 Å². The van der Waals surface area contributed by atoms with Gasteiger partial charge in [0, 0.05) is 6.54 Å². The number of benzene rings is 1. The molecule has 0 amide bonds. The maximum Gasteiger partial charge on any atom is 0.240 e. The van der Waals surface area contributed by atoms with Gasteiger partial charge in [-0.1, -0.05) is 6.07 Å². The number of aryl methyl sites for hydroxylation is 3. The highest BCUT2D eigenvalue weighted by Gasteiger charge is 2.47.